The molecule has 2 heterocycles. The van der Waals surface area contributed by atoms with Gasteiger partial charge in [0, 0.05) is 12.7 Å². The van der Waals surface area contributed by atoms with Gasteiger partial charge in [-0.25, -0.2) is 9.97 Å². The SMILES string of the molecule is O=c1[nH]cnc2c(NCC[C@@H]3C[C@H]3C3CC3)nccc12. The molecule has 104 valence electrons. The lowest BCUT2D eigenvalue weighted by molar-refractivity contribution is 0.605. The number of nitrogens with zero attached hydrogens (tertiary/aromatic N) is 2. The van der Waals surface area contributed by atoms with Crippen LogP contribution in [0.2, 0.25) is 0 Å². The van der Waals surface area contributed by atoms with Crippen molar-refractivity contribution in [2.24, 2.45) is 17.8 Å². The minimum absolute atomic E-state index is 0.114. The maximum Gasteiger partial charge on any atom is 0.258 e. The summed E-state index contributed by atoms with van der Waals surface area (Å²) in [5.41, 5.74) is 0.544. The number of H-pyrrole nitrogens is 1. The van der Waals surface area contributed by atoms with Crippen LogP contribution >= 0.6 is 0 Å². The minimum Gasteiger partial charge on any atom is -0.368 e. The molecule has 0 amide bonds. The van der Waals surface area contributed by atoms with Gasteiger partial charge in [0.1, 0.15) is 5.52 Å². The molecule has 2 atom stereocenters. The van der Waals surface area contributed by atoms with Crippen LogP contribution in [0.5, 0.6) is 0 Å². The number of fused-ring (bicyclic) bond motifs is 1. The first-order valence-electron chi connectivity index (χ1n) is 7.39. The second-order valence-electron chi connectivity index (χ2n) is 6.00. The van der Waals surface area contributed by atoms with Crippen LogP contribution in [0.3, 0.4) is 0 Å². The molecule has 2 aliphatic carbocycles. The Morgan fingerprint density at radius 3 is 3.10 bits per heavy atom. The third-order valence-corrected chi connectivity index (χ3v) is 4.57. The van der Waals surface area contributed by atoms with E-state index in [1.165, 1.54) is 32.0 Å². The number of rotatable bonds is 5. The monoisotopic (exact) mass is 270 g/mol. The summed E-state index contributed by atoms with van der Waals surface area (Å²) in [6.07, 6.45) is 8.60. The van der Waals surface area contributed by atoms with E-state index in [1.807, 2.05) is 0 Å². The van der Waals surface area contributed by atoms with Gasteiger partial charge in [-0.15, -0.1) is 0 Å². The van der Waals surface area contributed by atoms with Crippen molar-refractivity contribution in [2.75, 3.05) is 11.9 Å². The summed E-state index contributed by atoms with van der Waals surface area (Å²) in [4.78, 5) is 22.8. The molecule has 2 aliphatic rings. The van der Waals surface area contributed by atoms with Crippen LogP contribution in [-0.2, 0) is 0 Å². The van der Waals surface area contributed by atoms with Crippen molar-refractivity contribution in [3.8, 4) is 0 Å². The molecule has 0 radical (unpaired) electrons. The zero-order chi connectivity index (χ0) is 13.5. The topological polar surface area (TPSA) is 70.7 Å². The van der Waals surface area contributed by atoms with Crippen molar-refractivity contribution in [3.63, 3.8) is 0 Å². The Morgan fingerprint density at radius 2 is 2.25 bits per heavy atom. The lowest BCUT2D eigenvalue weighted by Crippen LogP contribution is -2.10. The lowest BCUT2D eigenvalue weighted by atomic mass is 10.2. The van der Waals surface area contributed by atoms with E-state index in [-0.39, 0.29) is 5.56 Å². The van der Waals surface area contributed by atoms with Gasteiger partial charge in [0.15, 0.2) is 5.82 Å². The van der Waals surface area contributed by atoms with Gasteiger partial charge < -0.3 is 10.3 Å². The highest BCUT2D eigenvalue weighted by Crippen LogP contribution is 2.55. The first kappa shape index (κ1) is 11.9. The van der Waals surface area contributed by atoms with E-state index >= 15 is 0 Å². The average Bonchev–Trinajstić information content (AvgIpc) is 3.33. The smallest absolute Gasteiger partial charge is 0.258 e. The van der Waals surface area contributed by atoms with Crippen molar-refractivity contribution >= 4 is 16.7 Å². The second kappa shape index (κ2) is 4.58. The number of aromatic amines is 1. The van der Waals surface area contributed by atoms with Gasteiger partial charge in [-0.3, -0.25) is 4.79 Å². The Kier molecular flexibility index (Phi) is 2.72. The third kappa shape index (κ3) is 2.17. The van der Waals surface area contributed by atoms with Gasteiger partial charge >= 0.3 is 0 Å². The largest absolute Gasteiger partial charge is 0.368 e. The molecule has 0 saturated heterocycles. The highest BCUT2D eigenvalue weighted by atomic mass is 16.1. The molecule has 20 heavy (non-hydrogen) atoms. The Balaban J connectivity index is 1.43. The highest BCUT2D eigenvalue weighted by molar-refractivity contribution is 5.86. The van der Waals surface area contributed by atoms with Crippen LogP contribution in [0.4, 0.5) is 5.82 Å². The van der Waals surface area contributed by atoms with Crippen LogP contribution in [0, 0.1) is 17.8 Å². The number of hydrogen-bond acceptors (Lipinski definition) is 4. The number of hydrogen-bond donors (Lipinski definition) is 2. The Bertz CT molecular complexity index is 692. The number of pyridine rings is 1. The van der Waals surface area contributed by atoms with Crippen LogP contribution < -0.4 is 10.9 Å². The molecule has 2 aromatic heterocycles. The third-order valence-electron chi connectivity index (χ3n) is 4.57. The fourth-order valence-electron chi connectivity index (χ4n) is 3.21. The zero-order valence-corrected chi connectivity index (χ0v) is 11.3. The molecule has 0 aliphatic heterocycles. The molecule has 2 fully saturated rings. The quantitative estimate of drug-likeness (QED) is 0.873. The summed E-state index contributed by atoms with van der Waals surface area (Å²) in [5.74, 6) is 3.66. The standard InChI is InChI=1S/C15H18N4O/c20-15-11-4-6-17-14(13(11)18-8-19-15)16-5-3-10-7-12(10)9-1-2-9/h4,6,8-10,12H,1-3,5,7H2,(H,16,17)(H,18,19,20)/t10-,12+/m1/s1. The molecule has 0 bridgehead atoms. The van der Waals surface area contributed by atoms with Crippen molar-refractivity contribution in [3.05, 3.63) is 28.9 Å². The van der Waals surface area contributed by atoms with Crippen molar-refractivity contribution in [2.45, 2.75) is 25.7 Å². The lowest BCUT2D eigenvalue weighted by Gasteiger charge is -2.07. The molecule has 5 heteroatoms. The first-order valence-corrected chi connectivity index (χ1v) is 7.39. The van der Waals surface area contributed by atoms with Gasteiger partial charge in [0.25, 0.3) is 5.56 Å². The summed E-state index contributed by atoms with van der Waals surface area (Å²) < 4.78 is 0. The highest BCUT2D eigenvalue weighted by Gasteiger charge is 2.46. The Hall–Kier alpha value is -1.91. The maximum atomic E-state index is 11.7. The molecule has 5 nitrogen and oxygen atoms in total. The summed E-state index contributed by atoms with van der Waals surface area (Å²) in [7, 11) is 0. The summed E-state index contributed by atoms with van der Waals surface area (Å²) in [6.45, 7) is 0.911. The van der Waals surface area contributed by atoms with Crippen molar-refractivity contribution in [1.82, 2.24) is 15.0 Å². The Morgan fingerprint density at radius 1 is 1.35 bits per heavy atom. The first-order chi connectivity index (χ1) is 9.83. The van der Waals surface area contributed by atoms with Crippen LogP contribution in [0.15, 0.2) is 23.4 Å². The van der Waals surface area contributed by atoms with Crippen LogP contribution in [-0.4, -0.2) is 21.5 Å². The van der Waals surface area contributed by atoms with Gasteiger partial charge in [-0.2, -0.15) is 0 Å². The molecule has 2 aromatic rings. The molecule has 2 N–H and O–H groups in total. The molecule has 0 unspecified atom stereocenters. The normalized spacial score (nSPS) is 24.8. The predicted molar refractivity (Wildman–Crippen MR) is 77.6 cm³/mol. The molecular formula is C15H18N4O. The maximum absolute atomic E-state index is 11.7. The fourth-order valence-corrected chi connectivity index (χ4v) is 3.21. The minimum atomic E-state index is -0.114. The number of nitrogens with one attached hydrogen (secondary N) is 2. The van der Waals surface area contributed by atoms with E-state index in [2.05, 4.69) is 20.3 Å². The molecular weight excluding hydrogens is 252 g/mol. The zero-order valence-electron chi connectivity index (χ0n) is 11.3. The number of anilines is 1. The summed E-state index contributed by atoms with van der Waals surface area (Å²) in [6, 6.07) is 1.70. The van der Waals surface area contributed by atoms with E-state index in [4.69, 9.17) is 0 Å². The van der Waals surface area contributed by atoms with Crippen molar-refractivity contribution < 1.29 is 0 Å². The fraction of sp³-hybridized carbons (Fsp3) is 0.533. The van der Waals surface area contributed by atoms with Crippen molar-refractivity contribution in [1.29, 1.82) is 0 Å². The van der Waals surface area contributed by atoms with Gasteiger partial charge in [-0.05, 0) is 49.5 Å². The predicted octanol–water partition coefficient (Wildman–Crippen LogP) is 2.17. The molecule has 0 aromatic carbocycles. The van der Waals surface area contributed by atoms with E-state index in [1.54, 1.807) is 12.3 Å². The average molecular weight is 270 g/mol. The van der Waals surface area contributed by atoms with Gasteiger partial charge in [-0.1, -0.05) is 0 Å². The van der Waals surface area contributed by atoms with E-state index < -0.39 is 0 Å². The van der Waals surface area contributed by atoms with Crippen LogP contribution in [0.1, 0.15) is 25.7 Å². The molecule has 2 saturated carbocycles. The summed E-state index contributed by atoms with van der Waals surface area (Å²) >= 11 is 0. The number of aromatic nitrogens is 3. The Labute approximate surface area is 116 Å². The molecule has 4 rings (SSSR count). The van der Waals surface area contributed by atoms with E-state index in [9.17, 15) is 4.79 Å². The van der Waals surface area contributed by atoms with E-state index in [0.717, 1.165) is 30.1 Å². The van der Waals surface area contributed by atoms with Gasteiger partial charge in [0.05, 0.1) is 11.7 Å². The van der Waals surface area contributed by atoms with Gasteiger partial charge in [0.2, 0.25) is 0 Å². The van der Waals surface area contributed by atoms with E-state index in [0.29, 0.717) is 10.9 Å². The summed E-state index contributed by atoms with van der Waals surface area (Å²) in [5, 5.41) is 3.93. The second-order valence-corrected chi connectivity index (χ2v) is 6.00. The molecule has 0 spiro atoms. The van der Waals surface area contributed by atoms with Crippen LogP contribution in [0.25, 0.3) is 10.9 Å².